The highest BCUT2D eigenvalue weighted by Gasteiger charge is 2.33. The van der Waals surface area contributed by atoms with E-state index in [4.69, 9.17) is 0 Å². The molecule has 0 spiro atoms. The highest BCUT2D eigenvalue weighted by atomic mass is 32.2. The number of aliphatic hydroxyl groups is 3. The van der Waals surface area contributed by atoms with Gasteiger partial charge in [0.1, 0.15) is 5.54 Å². The minimum atomic E-state index is -3.93. The molecule has 0 saturated carbocycles. The van der Waals surface area contributed by atoms with Gasteiger partial charge in [-0.2, -0.15) is 4.72 Å². The van der Waals surface area contributed by atoms with E-state index in [0.717, 1.165) is 12.0 Å². The van der Waals surface area contributed by atoms with Crippen molar-refractivity contribution in [3.63, 3.8) is 0 Å². The van der Waals surface area contributed by atoms with Crippen molar-refractivity contribution in [1.29, 1.82) is 0 Å². The second-order valence-corrected chi connectivity index (χ2v) is 7.28. The van der Waals surface area contributed by atoms with E-state index >= 15 is 0 Å². The van der Waals surface area contributed by atoms with Crippen LogP contribution >= 0.6 is 0 Å². The number of sulfonamides is 1. The molecule has 0 aliphatic carbocycles. The van der Waals surface area contributed by atoms with Crippen molar-refractivity contribution in [3.05, 3.63) is 29.8 Å². The fourth-order valence-electron chi connectivity index (χ4n) is 1.87. The van der Waals surface area contributed by atoms with Gasteiger partial charge in [0.25, 0.3) is 0 Å². The Kier molecular flexibility index (Phi) is 6.30. The molecule has 1 aromatic rings. The summed E-state index contributed by atoms with van der Waals surface area (Å²) < 4.78 is 26.6. The first-order valence-electron chi connectivity index (χ1n) is 6.74. The number of nitrogens with one attached hydrogen (secondary N) is 1. The van der Waals surface area contributed by atoms with Crippen molar-refractivity contribution in [3.8, 4) is 0 Å². The van der Waals surface area contributed by atoms with Crippen LogP contribution in [0.15, 0.2) is 29.2 Å². The van der Waals surface area contributed by atoms with Crippen molar-refractivity contribution >= 4 is 10.0 Å². The summed E-state index contributed by atoms with van der Waals surface area (Å²) in [7, 11) is -3.93. The van der Waals surface area contributed by atoms with Crippen molar-refractivity contribution in [2.45, 2.75) is 30.7 Å². The molecule has 21 heavy (non-hydrogen) atoms. The molecule has 0 fully saturated rings. The molecule has 0 amide bonds. The summed E-state index contributed by atoms with van der Waals surface area (Å²) in [6.07, 6.45) is 0.849. The van der Waals surface area contributed by atoms with Crippen LogP contribution in [0.3, 0.4) is 0 Å². The Hall–Kier alpha value is -0.990. The van der Waals surface area contributed by atoms with Gasteiger partial charge >= 0.3 is 0 Å². The summed E-state index contributed by atoms with van der Waals surface area (Å²) in [5, 5.41) is 27.5. The van der Waals surface area contributed by atoms with E-state index in [9.17, 15) is 23.7 Å². The van der Waals surface area contributed by atoms with E-state index in [0.29, 0.717) is 5.92 Å². The minimum absolute atomic E-state index is 0.0229. The molecule has 0 aliphatic rings. The van der Waals surface area contributed by atoms with Crippen LogP contribution in [0.1, 0.15) is 19.4 Å². The van der Waals surface area contributed by atoms with Crippen molar-refractivity contribution in [2.75, 3.05) is 19.8 Å². The maximum atomic E-state index is 12.2. The average Bonchev–Trinajstić information content (AvgIpc) is 2.45. The molecular formula is C14H23NO5S. The van der Waals surface area contributed by atoms with Gasteiger partial charge in [0.15, 0.2) is 0 Å². The molecule has 120 valence electrons. The van der Waals surface area contributed by atoms with Gasteiger partial charge in [-0.05, 0) is 30.0 Å². The van der Waals surface area contributed by atoms with Gasteiger partial charge in [-0.3, -0.25) is 0 Å². The molecule has 1 rings (SSSR count). The molecule has 0 heterocycles. The molecule has 0 bridgehead atoms. The Morgan fingerprint density at radius 2 is 1.52 bits per heavy atom. The molecular weight excluding hydrogens is 294 g/mol. The largest absolute Gasteiger partial charge is 0.394 e. The molecule has 6 nitrogen and oxygen atoms in total. The van der Waals surface area contributed by atoms with Crippen molar-refractivity contribution < 1.29 is 23.7 Å². The summed E-state index contributed by atoms with van der Waals surface area (Å²) in [6.45, 7) is 2.04. The van der Waals surface area contributed by atoms with Crippen molar-refractivity contribution in [1.82, 2.24) is 4.72 Å². The van der Waals surface area contributed by atoms with Crippen LogP contribution in [-0.4, -0.2) is 49.1 Å². The lowest BCUT2D eigenvalue weighted by Crippen LogP contribution is -2.56. The van der Waals surface area contributed by atoms with E-state index in [2.05, 4.69) is 18.6 Å². The Balaban J connectivity index is 2.97. The highest BCUT2D eigenvalue weighted by molar-refractivity contribution is 7.89. The zero-order valence-electron chi connectivity index (χ0n) is 12.3. The highest BCUT2D eigenvalue weighted by Crippen LogP contribution is 2.16. The maximum absolute atomic E-state index is 12.2. The summed E-state index contributed by atoms with van der Waals surface area (Å²) in [4.78, 5) is 0.0229. The quantitative estimate of drug-likeness (QED) is 0.535. The zero-order valence-corrected chi connectivity index (χ0v) is 13.1. The average molecular weight is 317 g/mol. The summed E-state index contributed by atoms with van der Waals surface area (Å²) in [6, 6.07) is 6.40. The van der Waals surface area contributed by atoms with Gasteiger partial charge in [0, 0.05) is 0 Å². The first-order valence-corrected chi connectivity index (χ1v) is 8.22. The number of hydrogen-bond acceptors (Lipinski definition) is 5. The minimum Gasteiger partial charge on any atom is -0.394 e. The van der Waals surface area contributed by atoms with E-state index < -0.39 is 35.4 Å². The third-order valence-electron chi connectivity index (χ3n) is 3.14. The van der Waals surface area contributed by atoms with Crippen LogP contribution in [0.5, 0.6) is 0 Å². The van der Waals surface area contributed by atoms with Crippen LogP contribution in [-0.2, 0) is 16.4 Å². The predicted octanol–water partition coefficient (Wildman–Crippen LogP) is -0.121. The van der Waals surface area contributed by atoms with Crippen molar-refractivity contribution in [2.24, 2.45) is 5.92 Å². The Morgan fingerprint density at radius 1 is 1.05 bits per heavy atom. The Morgan fingerprint density at radius 3 is 1.90 bits per heavy atom. The Bertz CT molecular complexity index is 527. The second kappa shape index (κ2) is 7.33. The third kappa shape index (κ3) is 4.76. The molecule has 0 aromatic heterocycles. The monoisotopic (exact) mass is 317 g/mol. The predicted molar refractivity (Wildman–Crippen MR) is 79.3 cm³/mol. The van der Waals surface area contributed by atoms with E-state index in [-0.39, 0.29) is 4.90 Å². The fourth-order valence-corrected chi connectivity index (χ4v) is 3.24. The molecule has 7 heteroatoms. The third-order valence-corrected chi connectivity index (χ3v) is 4.73. The first kappa shape index (κ1) is 18.1. The second-order valence-electron chi connectivity index (χ2n) is 5.60. The lowest BCUT2D eigenvalue weighted by molar-refractivity contribution is 0.0582. The number of hydrogen-bond donors (Lipinski definition) is 4. The van der Waals surface area contributed by atoms with Crippen LogP contribution < -0.4 is 4.72 Å². The maximum Gasteiger partial charge on any atom is 0.241 e. The lowest BCUT2D eigenvalue weighted by atomic mass is 10.0. The fraction of sp³-hybridized carbons (Fsp3) is 0.571. The van der Waals surface area contributed by atoms with E-state index in [1.165, 1.54) is 12.1 Å². The molecule has 0 aliphatic heterocycles. The molecule has 4 N–H and O–H groups in total. The zero-order chi connectivity index (χ0) is 16.1. The standard InChI is InChI=1S/C14H23NO5S/c1-11(2)7-12-3-5-13(6-4-12)21(19,20)15-14(8-16,9-17)10-18/h3-6,11,15-18H,7-10H2,1-2H3. The Labute approximate surface area is 125 Å². The van der Waals surface area contributed by atoms with E-state index in [1.54, 1.807) is 12.1 Å². The topological polar surface area (TPSA) is 107 Å². The van der Waals surface area contributed by atoms with Crippen LogP contribution in [0.4, 0.5) is 0 Å². The molecule has 0 atom stereocenters. The van der Waals surface area contributed by atoms with Gasteiger partial charge in [-0.25, -0.2) is 8.42 Å². The molecule has 0 unspecified atom stereocenters. The van der Waals surface area contributed by atoms with Gasteiger partial charge in [-0.1, -0.05) is 26.0 Å². The number of benzene rings is 1. The van der Waals surface area contributed by atoms with Gasteiger partial charge in [0.05, 0.1) is 24.7 Å². The SMILES string of the molecule is CC(C)Cc1ccc(S(=O)(=O)NC(CO)(CO)CO)cc1. The molecule has 1 aromatic carbocycles. The lowest BCUT2D eigenvalue weighted by Gasteiger charge is -2.28. The normalized spacial score (nSPS) is 12.9. The number of aliphatic hydroxyl groups excluding tert-OH is 3. The molecule has 0 saturated heterocycles. The summed E-state index contributed by atoms with van der Waals surface area (Å²) in [5.41, 5.74) is -0.642. The van der Waals surface area contributed by atoms with Gasteiger partial charge < -0.3 is 15.3 Å². The smallest absolute Gasteiger partial charge is 0.241 e. The van der Waals surface area contributed by atoms with Gasteiger partial charge in [-0.15, -0.1) is 0 Å². The van der Waals surface area contributed by atoms with Crippen LogP contribution in [0.2, 0.25) is 0 Å². The van der Waals surface area contributed by atoms with Crippen LogP contribution in [0.25, 0.3) is 0 Å². The molecule has 0 radical (unpaired) electrons. The summed E-state index contributed by atoms with van der Waals surface area (Å²) >= 11 is 0. The van der Waals surface area contributed by atoms with Gasteiger partial charge in [0.2, 0.25) is 10.0 Å². The summed E-state index contributed by atoms with van der Waals surface area (Å²) in [5.74, 6) is 0.469. The number of rotatable bonds is 8. The van der Waals surface area contributed by atoms with Crippen LogP contribution in [0, 0.1) is 5.92 Å². The first-order chi connectivity index (χ1) is 9.78. The van der Waals surface area contributed by atoms with E-state index in [1.807, 2.05) is 0 Å².